The number of esters is 1. The molecule has 0 aliphatic carbocycles. The third-order valence-corrected chi connectivity index (χ3v) is 4.21. The first kappa shape index (κ1) is 13.9. The molecule has 1 amide bonds. The minimum atomic E-state index is -0.196. The van der Waals surface area contributed by atoms with Gasteiger partial charge in [-0.2, -0.15) is 8.75 Å². The fourth-order valence-electron chi connectivity index (χ4n) is 2.47. The van der Waals surface area contributed by atoms with Crippen molar-refractivity contribution in [2.45, 2.75) is 12.8 Å². The summed E-state index contributed by atoms with van der Waals surface area (Å²) in [5, 5.41) is 0. The van der Waals surface area contributed by atoms with E-state index in [2.05, 4.69) is 13.7 Å². The van der Waals surface area contributed by atoms with Gasteiger partial charge in [-0.25, -0.2) is 4.98 Å². The van der Waals surface area contributed by atoms with E-state index in [0.29, 0.717) is 42.7 Å². The van der Waals surface area contributed by atoms with Gasteiger partial charge in [0.25, 0.3) is 5.91 Å². The number of piperidine rings is 1. The molecule has 3 heterocycles. The van der Waals surface area contributed by atoms with E-state index < -0.39 is 0 Å². The molecule has 7 nitrogen and oxygen atoms in total. The van der Waals surface area contributed by atoms with Crippen LogP contribution in [0.1, 0.15) is 23.2 Å². The number of pyridine rings is 1. The third kappa shape index (κ3) is 2.71. The van der Waals surface area contributed by atoms with Crippen LogP contribution in [-0.4, -0.2) is 50.7 Å². The molecule has 21 heavy (non-hydrogen) atoms. The van der Waals surface area contributed by atoms with Gasteiger partial charge < -0.3 is 9.64 Å². The second-order valence-electron chi connectivity index (χ2n) is 4.92. The maximum absolute atomic E-state index is 12.4. The van der Waals surface area contributed by atoms with Crippen LogP contribution in [0.2, 0.25) is 0 Å². The van der Waals surface area contributed by atoms with Crippen LogP contribution in [-0.2, 0) is 9.53 Å². The number of likely N-dealkylation sites (tertiary alicyclic amines) is 1. The van der Waals surface area contributed by atoms with Crippen molar-refractivity contribution in [2.24, 2.45) is 5.92 Å². The number of hydrogen-bond acceptors (Lipinski definition) is 7. The van der Waals surface area contributed by atoms with Crippen LogP contribution < -0.4 is 0 Å². The number of aromatic nitrogens is 3. The monoisotopic (exact) mass is 306 g/mol. The molecular formula is C13H14N4O3S. The Morgan fingerprint density at radius 2 is 2.10 bits per heavy atom. The van der Waals surface area contributed by atoms with Crippen LogP contribution >= 0.6 is 11.7 Å². The van der Waals surface area contributed by atoms with Gasteiger partial charge in [0.1, 0.15) is 5.52 Å². The molecule has 0 radical (unpaired) electrons. The fourth-order valence-corrected chi connectivity index (χ4v) is 2.95. The summed E-state index contributed by atoms with van der Waals surface area (Å²) in [6, 6.07) is 1.71. The summed E-state index contributed by atoms with van der Waals surface area (Å²) in [5.74, 6) is -0.387. The smallest absolute Gasteiger partial charge is 0.308 e. The zero-order valence-corrected chi connectivity index (χ0v) is 12.3. The Morgan fingerprint density at radius 3 is 2.81 bits per heavy atom. The van der Waals surface area contributed by atoms with Crippen LogP contribution in [0.4, 0.5) is 0 Å². The molecule has 8 heteroatoms. The molecule has 0 spiro atoms. The van der Waals surface area contributed by atoms with E-state index in [1.54, 1.807) is 11.0 Å². The number of hydrogen-bond donors (Lipinski definition) is 0. The molecule has 1 aliphatic rings. The van der Waals surface area contributed by atoms with Crippen LogP contribution in [0.3, 0.4) is 0 Å². The number of nitrogens with zero attached hydrogens (tertiary/aromatic N) is 4. The first-order valence-electron chi connectivity index (χ1n) is 6.64. The highest BCUT2D eigenvalue weighted by molar-refractivity contribution is 7.00. The first-order chi connectivity index (χ1) is 10.2. The van der Waals surface area contributed by atoms with Crippen molar-refractivity contribution < 1.29 is 14.3 Å². The Bertz CT molecular complexity index is 679. The van der Waals surface area contributed by atoms with Crippen LogP contribution in [0.5, 0.6) is 0 Å². The summed E-state index contributed by atoms with van der Waals surface area (Å²) < 4.78 is 12.8. The van der Waals surface area contributed by atoms with E-state index in [-0.39, 0.29) is 17.8 Å². The van der Waals surface area contributed by atoms with Gasteiger partial charge in [-0.1, -0.05) is 0 Å². The molecule has 3 rings (SSSR count). The summed E-state index contributed by atoms with van der Waals surface area (Å²) in [6.07, 6.45) is 2.79. The lowest BCUT2D eigenvalue weighted by molar-refractivity contribution is -0.146. The van der Waals surface area contributed by atoms with Crippen LogP contribution in [0.15, 0.2) is 12.3 Å². The standard InChI is InChI=1S/C13H14N4O3S/c1-20-13(19)8-2-4-17(5-3-8)12(18)9-6-10-11(14-7-9)16-21-15-10/h6-8H,2-5H2,1H3. The van der Waals surface area contributed by atoms with Crippen molar-refractivity contribution in [3.63, 3.8) is 0 Å². The van der Waals surface area contributed by atoms with Crippen molar-refractivity contribution in [1.82, 2.24) is 18.6 Å². The second-order valence-corrected chi connectivity index (χ2v) is 5.45. The lowest BCUT2D eigenvalue weighted by Crippen LogP contribution is -2.40. The van der Waals surface area contributed by atoms with Crippen molar-refractivity contribution in [1.29, 1.82) is 0 Å². The Balaban J connectivity index is 1.70. The zero-order valence-electron chi connectivity index (χ0n) is 11.5. The Hall–Kier alpha value is -2.09. The summed E-state index contributed by atoms with van der Waals surface area (Å²) in [4.78, 5) is 29.8. The molecule has 0 atom stereocenters. The highest BCUT2D eigenvalue weighted by Gasteiger charge is 2.28. The maximum atomic E-state index is 12.4. The first-order valence-corrected chi connectivity index (χ1v) is 7.37. The molecule has 0 aromatic carbocycles. The summed E-state index contributed by atoms with van der Waals surface area (Å²) >= 11 is 1.08. The summed E-state index contributed by atoms with van der Waals surface area (Å²) in [6.45, 7) is 1.10. The van der Waals surface area contributed by atoms with Crippen molar-refractivity contribution in [3.05, 3.63) is 17.8 Å². The fraction of sp³-hybridized carbons (Fsp3) is 0.462. The van der Waals surface area contributed by atoms with Gasteiger partial charge in [0.2, 0.25) is 0 Å². The van der Waals surface area contributed by atoms with E-state index in [0.717, 1.165) is 11.7 Å². The predicted octanol–water partition coefficient (Wildman–Crippen LogP) is 1.11. The van der Waals surface area contributed by atoms with E-state index in [9.17, 15) is 9.59 Å². The van der Waals surface area contributed by atoms with E-state index in [1.165, 1.54) is 13.3 Å². The van der Waals surface area contributed by atoms with E-state index >= 15 is 0 Å². The van der Waals surface area contributed by atoms with Gasteiger partial charge >= 0.3 is 5.97 Å². The van der Waals surface area contributed by atoms with Gasteiger partial charge in [-0.3, -0.25) is 9.59 Å². The molecule has 110 valence electrons. The van der Waals surface area contributed by atoms with Crippen molar-refractivity contribution in [3.8, 4) is 0 Å². The quantitative estimate of drug-likeness (QED) is 0.773. The predicted molar refractivity (Wildman–Crippen MR) is 75.9 cm³/mol. The number of carbonyl (C=O) groups excluding carboxylic acids is 2. The SMILES string of the molecule is COC(=O)C1CCN(C(=O)c2cnc3nsnc3c2)CC1. The van der Waals surface area contributed by atoms with Gasteiger partial charge in [-0.05, 0) is 18.9 Å². The van der Waals surface area contributed by atoms with Crippen LogP contribution in [0, 0.1) is 5.92 Å². The number of methoxy groups -OCH3 is 1. The Morgan fingerprint density at radius 1 is 1.33 bits per heavy atom. The second kappa shape index (κ2) is 5.72. The molecule has 0 bridgehead atoms. The molecule has 0 saturated carbocycles. The lowest BCUT2D eigenvalue weighted by atomic mass is 9.96. The number of fused-ring (bicyclic) bond motifs is 1. The number of carbonyl (C=O) groups is 2. The molecule has 0 N–H and O–H groups in total. The third-order valence-electron chi connectivity index (χ3n) is 3.68. The van der Waals surface area contributed by atoms with Gasteiger partial charge in [0.15, 0.2) is 5.65 Å². The highest BCUT2D eigenvalue weighted by atomic mass is 32.1. The topological polar surface area (TPSA) is 85.3 Å². The van der Waals surface area contributed by atoms with Gasteiger partial charge in [-0.15, -0.1) is 0 Å². The highest BCUT2D eigenvalue weighted by Crippen LogP contribution is 2.20. The van der Waals surface area contributed by atoms with Gasteiger partial charge in [0, 0.05) is 19.3 Å². The molecule has 2 aromatic rings. The van der Waals surface area contributed by atoms with Gasteiger partial charge in [0.05, 0.1) is 30.3 Å². The number of amides is 1. The number of ether oxygens (including phenoxy) is 1. The minimum Gasteiger partial charge on any atom is -0.469 e. The minimum absolute atomic E-state index is 0.0827. The van der Waals surface area contributed by atoms with E-state index in [1.807, 2.05) is 0 Å². The summed E-state index contributed by atoms with van der Waals surface area (Å²) in [5.41, 5.74) is 1.70. The average molecular weight is 306 g/mol. The van der Waals surface area contributed by atoms with E-state index in [4.69, 9.17) is 4.74 Å². The van der Waals surface area contributed by atoms with Crippen molar-refractivity contribution >= 4 is 34.8 Å². The normalized spacial score (nSPS) is 16.1. The Labute approximate surface area is 125 Å². The summed E-state index contributed by atoms with van der Waals surface area (Å²) in [7, 11) is 1.39. The molecule has 1 aliphatic heterocycles. The maximum Gasteiger partial charge on any atom is 0.308 e. The molecular weight excluding hydrogens is 292 g/mol. The molecule has 1 fully saturated rings. The molecule has 1 saturated heterocycles. The average Bonchev–Trinajstić information content (AvgIpc) is 3.01. The van der Waals surface area contributed by atoms with Crippen LogP contribution in [0.25, 0.3) is 11.2 Å². The largest absolute Gasteiger partial charge is 0.469 e. The number of rotatable bonds is 2. The lowest BCUT2D eigenvalue weighted by Gasteiger charge is -2.30. The zero-order chi connectivity index (χ0) is 14.8. The molecule has 2 aromatic heterocycles. The Kier molecular flexibility index (Phi) is 3.78. The van der Waals surface area contributed by atoms with Crippen molar-refractivity contribution in [2.75, 3.05) is 20.2 Å². The molecule has 0 unspecified atom stereocenters.